The molecule has 0 saturated heterocycles. The second kappa shape index (κ2) is 11.7. The highest BCUT2D eigenvalue weighted by molar-refractivity contribution is 5.70. The fraction of sp³-hybridized carbons (Fsp3) is 0.269. The predicted octanol–water partition coefficient (Wildman–Crippen LogP) is 7.65. The monoisotopic (exact) mass is 599 g/mol. The van der Waals surface area contributed by atoms with Gasteiger partial charge in [0.25, 0.3) is 0 Å². The molecule has 222 valence electrons. The zero-order valence-electron chi connectivity index (χ0n) is 20.4. The summed E-state index contributed by atoms with van der Waals surface area (Å²) in [4.78, 5) is 10.2. The largest absolute Gasteiger partial charge is 0.507 e. The number of carboxylic acids is 1. The van der Waals surface area contributed by atoms with Crippen LogP contribution < -0.4 is 14.8 Å². The van der Waals surface area contributed by atoms with Crippen molar-refractivity contribution >= 4 is 11.7 Å². The first kappa shape index (κ1) is 31.4. The summed E-state index contributed by atoms with van der Waals surface area (Å²) in [7, 11) is 0. The standard InChI is InChI=1S/C17H12F7NO2.C9H7F3O2/c18-15(19,20)11-3-1-10(2-4-11)7-8-25-12-5-6-13-14(9-12)27-17(23,24)16(21,22)26-13;10-9(11,12)7-3-1-6(2-4-7)5-8(13)14/h1-6,9,25H,7-8H2;1-4H,5H2,(H,13,14). The van der Waals surface area contributed by atoms with Gasteiger partial charge in [-0.05, 0) is 53.9 Å². The number of benzene rings is 3. The van der Waals surface area contributed by atoms with Gasteiger partial charge in [-0.2, -0.15) is 43.9 Å². The van der Waals surface area contributed by atoms with Gasteiger partial charge in [0.2, 0.25) is 0 Å². The van der Waals surface area contributed by atoms with Gasteiger partial charge in [-0.3, -0.25) is 4.79 Å². The van der Waals surface area contributed by atoms with E-state index in [9.17, 15) is 48.7 Å². The number of ether oxygens (including phenoxy) is 2. The van der Waals surface area contributed by atoms with Crippen molar-refractivity contribution in [1.82, 2.24) is 0 Å². The Bertz CT molecular complexity index is 1340. The molecular formula is C26H19F10NO4. The summed E-state index contributed by atoms with van der Waals surface area (Å²) >= 11 is 0. The van der Waals surface area contributed by atoms with E-state index in [-0.39, 0.29) is 13.0 Å². The fourth-order valence-corrected chi connectivity index (χ4v) is 3.37. The van der Waals surface area contributed by atoms with E-state index < -0.39 is 53.2 Å². The van der Waals surface area contributed by atoms with Crippen LogP contribution in [-0.2, 0) is 30.0 Å². The molecule has 0 fully saturated rings. The maximum Gasteiger partial charge on any atom is 0.507 e. The molecule has 0 atom stereocenters. The maximum atomic E-state index is 13.2. The lowest BCUT2D eigenvalue weighted by molar-refractivity contribution is -0.391. The van der Waals surface area contributed by atoms with E-state index >= 15 is 0 Å². The summed E-state index contributed by atoms with van der Waals surface area (Å²) in [5.41, 5.74) is -0.259. The zero-order valence-corrected chi connectivity index (χ0v) is 20.4. The van der Waals surface area contributed by atoms with Crippen molar-refractivity contribution in [3.8, 4) is 11.5 Å². The van der Waals surface area contributed by atoms with E-state index in [1.807, 2.05) is 0 Å². The fourth-order valence-electron chi connectivity index (χ4n) is 3.37. The number of anilines is 1. The normalized spacial score (nSPS) is 15.4. The van der Waals surface area contributed by atoms with E-state index in [4.69, 9.17) is 5.11 Å². The van der Waals surface area contributed by atoms with Gasteiger partial charge in [0.15, 0.2) is 11.5 Å². The molecule has 4 rings (SSSR count). The minimum absolute atomic E-state index is 0.261. The summed E-state index contributed by atoms with van der Waals surface area (Å²) in [6.07, 6.45) is -18.3. The van der Waals surface area contributed by atoms with E-state index in [2.05, 4.69) is 14.8 Å². The van der Waals surface area contributed by atoms with Gasteiger partial charge in [-0.25, -0.2) is 0 Å². The molecular weight excluding hydrogens is 580 g/mol. The zero-order chi connectivity index (χ0) is 30.6. The molecule has 2 N–H and O–H groups in total. The van der Waals surface area contributed by atoms with Crippen molar-refractivity contribution in [2.24, 2.45) is 0 Å². The van der Waals surface area contributed by atoms with E-state index in [0.29, 0.717) is 23.2 Å². The molecule has 0 amide bonds. The lowest BCUT2D eigenvalue weighted by atomic mass is 10.1. The molecule has 0 radical (unpaired) electrons. The van der Waals surface area contributed by atoms with Gasteiger partial charge >= 0.3 is 30.5 Å². The van der Waals surface area contributed by atoms with Crippen LogP contribution in [0.3, 0.4) is 0 Å². The Hall–Kier alpha value is -4.17. The lowest BCUT2D eigenvalue weighted by Gasteiger charge is -2.32. The van der Waals surface area contributed by atoms with Crippen LogP contribution in [0.25, 0.3) is 0 Å². The number of fused-ring (bicyclic) bond motifs is 1. The summed E-state index contributed by atoms with van der Waals surface area (Å²) in [6.45, 7) is 0.261. The van der Waals surface area contributed by atoms with Gasteiger partial charge in [-0.15, -0.1) is 0 Å². The Kier molecular flexibility index (Phi) is 8.98. The number of hydrogen-bond acceptors (Lipinski definition) is 4. The van der Waals surface area contributed by atoms with Crippen molar-refractivity contribution in [2.45, 2.75) is 37.4 Å². The number of carboxylic acid groups (broad SMARTS) is 1. The summed E-state index contributed by atoms with van der Waals surface area (Å²) < 4.78 is 134. The molecule has 1 aliphatic rings. The van der Waals surface area contributed by atoms with Crippen LogP contribution in [0, 0.1) is 0 Å². The molecule has 3 aromatic rings. The predicted molar refractivity (Wildman–Crippen MR) is 124 cm³/mol. The molecule has 41 heavy (non-hydrogen) atoms. The SMILES string of the molecule is FC(F)(F)c1ccc(CCNc2ccc3c(c2)OC(F)(F)C(F)(F)O3)cc1.O=C(O)Cc1ccc(C(F)(F)F)cc1. The van der Waals surface area contributed by atoms with Gasteiger partial charge in [-0.1, -0.05) is 24.3 Å². The second-order valence-corrected chi connectivity index (χ2v) is 8.54. The highest BCUT2D eigenvalue weighted by atomic mass is 19.4. The van der Waals surface area contributed by atoms with Gasteiger partial charge < -0.3 is 19.9 Å². The van der Waals surface area contributed by atoms with Crippen molar-refractivity contribution < 1.29 is 63.3 Å². The molecule has 0 unspecified atom stereocenters. The molecule has 0 saturated carbocycles. The van der Waals surface area contributed by atoms with Gasteiger partial charge in [0.1, 0.15) is 0 Å². The van der Waals surface area contributed by atoms with Gasteiger partial charge in [0.05, 0.1) is 17.5 Å². The molecule has 0 bridgehead atoms. The van der Waals surface area contributed by atoms with Crippen molar-refractivity contribution in [3.63, 3.8) is 0 Å². The Morgan fingerprint density at radius 1 is 0.707 bits per heavy atom. The number of aliphatic carboxylic acids is 1. The number of alkyl halides is 10. The Morgan fingerprint density at radius 3 is 1.63 bits per heavy atom. The van der Waals surface area contributed by atoms with Crippen LogP contribution in [0.15, 0.2) is 66.7 Å². The van der Waals surface area contributed by atoms with E-state index in [1.165, 1.54) is 18.2 Å². The Morgan fingerprint density at radius 2 is 1.17 bits per heavy atom. The second-order valence-electron chi connectivity index (χ2n) is 8.54. The molecule has 15 heteroatoms. The average molecular weight is 599 g/mol. The number of halogens is 10. The first-order valence-electron chi connectivity index (χ1n) is 11.4. The topological polar surface area (TPSA) is 67.8 Å². The van der Waals surface area contributed by atoms with Crippen LogP contribution in [-0.4, -0.2) is 29.8 Å². The average Bonchev–Trinajstić information content (AvgIpc) is 2.84. The van der Waals surface area contributed by atoms with Crippen molar-refractivity contribution in [2.75, 3.05) is 11.9 Å². The number of rotatable bonds is 6. The first-order chi connectivity index (χ1) is 18.9. The Balaban J connectivity index is 0.000000278. The van der Waals surface area contributed by atoms with Crippen molar-refractivity contribution in [1.29, 1.82) is 0 Å². The van der Waals surface area contributed by atoms with Crippen LogP contribution in [0.2, 0.25) is 0 Å². The molecule has 0 aromatic heterocycles. The van der Waals surface area contributed by atoms with Crippen molar-refractivity contribution in [3.05, 3.63) is 89.0 Å². The molecule has 1 heterocycles. The quantitative estimate of drug-likeness (QED) is 0.285. The molecule has 0 aliphatic carbocycles. The smallest absolute Gasteiger partial charge is 0.481 e. The molecule has 1 aliphatic heterocycles. The highest BCUT2D eigenvalue weighted by Crippen LogP contribution is 2.47. The maximum absolute atomic E-state index is 13.2. The number of nitrogens with one attached hydrogen (secondary N) is 1. The van der Waals surface area contributed by atoms with Crippen LogP contribution in [0.1, 0.15) is 22.3 Å². The Labute approximate surface area is 225 Å². The summed E-state index contributed by atoms with van der Waals surface area (Å²) in [5, 5.41) is 11.2. The highest BCUT2D eigenvalue weighted by Gasteiger charge is 2.65. The molecule has 5 nitrogen and oxygen atoms in total. The molecule has 0 spiro atoms. The van der Waals surface area contributed by atoms with Crippen LogP contribution in [0.4, 0.5) is 49.6 Å². The first-order valence-corrected chi connectivity index (χ1v) is 11.4. The third-order valence-electron chi connectivity index (χ3n) is 5.42. The third-order valence-corrected chi connectivity index (χ3v) is 5.42. The van der Waals surface area contributed by atoms with Gasteiger partial charge in [0, 0.05) is 18.3 Å². The number of carbonyl (C=O) groups is 1. The minimum Gasteiger partial charge on any atom is -0.481 e. The van der Waals surface area contributed by atoms with E-state index in [0.717, 1.165) is 48.5 Å². The third kappa shape index (κ3) is 8.41. The van der Waals surface area contributed by atoms with E-state index in [1.54, 1.807) is 0 Å². The lowest BCUT2D eigenvalue weighted by Crippen LogP contribution is -2.52. The number of hydrogen-bond donors (Lipinski definition) is 2. The summed E-state index contributed by atoms with van der Waals surface area (Å²) in [5.74, 6) is -2.14. The van der Waals surface area contributed by atoms with Crippen LogP contribution >= 0.6 is 0 Å². The molecule has 3 aromatic carbocycles. The summed E-state index contributed by atoms with van der Waals surface area (Å²) in [6, 6.07) is 12.1. The van der Waals surface area contributed by atoms with Crippen LogP contribution in [0.5, 0.6) is 11.5 Å². The minimum atomic E-state index is -4.81.